The van der Waals surface area contributed by atoms with Crippen LogP contribution < -0.4 is 10.2 Å². The van der Waals surface area contributed by atoms with Crippen LogP contribution in [0, 0.1) is 5.82 Å². The SMILES string of the molecule is CN(CC(=O)N1CCCC1)c1nn2c(NC(C)(C)C)c(-c3cccc(F)c3)nc2s1. The fourth-order valence-electron chi connectivity index (χ4n) is 3.53. The van der Waals surface area contributed by atoms with Crippen molar-refractivity contribution in [3.8, 4) is 11.3 Å². The number of amides is 1. The molecule has 0 atom stereocenters. The number of likely N-dealkylation sites (N-methyl/N-ethyl adjacent to an activating group) is 1. The number of nitrogens with one attached hydrogen (secondary N) is 1. The van der Waals surface area contributed by atoms with Crippen LogP contribution in [0.4, 0.5) is 15.3 Å². The number of nitrogens with zero attached hydrogens (tertiary/aromatic N) is 5. The second-order valence-electron chi connectivity index (χ2n) is 8.72. The standard InChI is InChI=1S/C21H27FN6OS/c1-21(2,3)24-18-17(14-8-7-9-15(22)12-14)23-19-28(18)25-20(30-19)26(4)13-16(29)27-10-5-6-11-27/h7-9,12,24H,5-6,10-11,13H2,1-4H3. The van der Waals surface area contributed by atoms with Crippen molar-refractivity contribution in [2.24, 2.45) is 0 Å². The van der Waals surface area contributed by atoms with Gasteiger partial charge in [-0.3, -0.25) is 4.79 Å². The first-order valence-electron chi connectivity index (χ1n) is 10.1. The molecule has 1 fully saturated rings. The van der Waals surface area contributed by atoms with Crippen molar-refractivity contribution in [2.45, 2.75) is 39.2 Å². The molecule has 0 unspecified atom stereocenters. The van der Waals surface area contributed by atoms with Crippen molar-refractivity contribution >= 4 is 33.2 Å². The highest BCUT2D eigenvalue weighted by molar-refractivity contribution is 7.20. The molecule has 1 aromatic carbocycles. The molecular weight excluding hydrogens is 403 g/mol. The van der Waals surface area contributed by atoms with E-state index in [0.29, 0.717) is 27.2 Å². The third-order valence-corrected chi connectivity index (χ3v) is 5.96. The minimum Gasteiger partial charge on any atom is -0.364 e. The van der Waals surface area contributed by atoms with Crippen LogP contribution in [0.15, 0.2) is 24.3 Å². The average molecular weight is 431 g/mol. The number of halogens is 1. The highest BCUT2D eigenvalue weighted by Crippen LogP contribution is 2.34. The number of likely N-dealkylation sites (tertiary alicyclic amines) is 1. The fourth-order valence-corrected chi connectivity index (χ4v) is 4.40. The molecule has 0 saturated carbocycles. The van der Waals surface area contributed by atoms with Gasteiger partial charge < -0.3 is 15.1 Å². The Kier molecular flexibility index (Phi) is 5.40. The summed E-state index contributed by atoms with van der Waals surface area (Å²) in [7, 11) is 1.87. The van der Waals surface area contributed by atoms with Gasteiger partial charge in [0.05, 0.1) is 6.54 Å². The first kappa shape index (κ1) is 20.6. The zero-order chi connectivity index (χ0) is 21.5. The fraction of sp³-hybridized carbons (Fsp3) is 0.476. The van der Waals surface area contributed by atoms with Crippen molar-refractivity contribution < 1.29 is 9.18 Å². The molecule has 1 aliphatic heterocycles. The van der Waals surface area contributed by atoms with Gasteiger partial charge in [-0.2, -0.15) is 4.52 Å². The Morgan fingerprint density at radius 3 is 2.70 bits per heavy atom. The molecule has 3 heterocycles. The smallest absolute Gasteiger partial charge is 0.242 e. The van der Waals surface area contributed by atoms with Gasteiger partial charge in [0.25, 0.3) is 0 Å². The highest BCUT2D eigenvalue weighted by atomic mass is 32.1. The Morgan fingerprint density at radius 1 is 1.30 bits per heavy atom. The molecule has 1 N–H and O–H groups in total. The van der Waals surface area contributed by atoms with Crippen molar-refractivity contribution in [1.82, 2.24) is 19.5 Å². The summed E-state index contributed by atoms with van der Waals surface area (Å²) in [6.45, 7) is 8.12. The van der Waals surface area contributed by atoms with Gasteiger partial charge in [0, 0.05) is 31.2 Å². The molecule has 0 spiro atoms. The van der Waals surface area contributed by atoms with Crippen LogP contribution in [-0.2, 0) is 4.79 Å². The summed E-state index contributed by atoms with van der Waals surface area (Å²) >= 11 is 1.41. The van der Waals surface area contributed by atoms with E-state index < -0.39 is 0 Å². The third kappa shape index (κ3) is 4.26. The van der Waals surface area contributed by atoms with Gasteiger partial charge in [0.1, 0.15) is 11.5 Å². The average Bonchev–Trinajstić information content (AvgIpc) is 3.38. The Hall–Kier alpha value is -2.68. The number of aromatic nitrogens is 3. The number of fused-ring (bicyclic) bond motifs is 1. The van der Waals surface area contributed by atoms with Crippen LogP contribution in [0.2, 0.25) is 0 Å². The Morgan fingerprint density at radius 2 is 2.03 bits per heavy atom. The number of imidazole rings is 1. The lowest BCUT2D eigenvalue weighted by atomic mass is 10.1. The van der Waals surface area contributed by atoms with Gasteiger partial charge in [-0.1, -0.05) is 23.5 Å². The molecule has 0 bridgehead atoms. The van der Waals surface area contributed by atoms with E-state index >= 15 is 0 Å². The summed E-state index contributed by atoms with van der Waals surface area (Å²) in [6, 6.07) is 6.41. The van der Waals surface area contributed by atoms with Gasteiger partial charge in [-0.25, -0.2) is 9.37 Å². The lowest BCUT2D eigenvalue weighted by molar-refractivity contribution is -0.128. The second-order valence-corrected chi connectivity index (χ2v) is 9.65. The molecule has 7 nitrogen and oxygen atoms in total. The molecule has 0 radical (unpaired) electrons. The maximum absolute atomic E-state index is 13.8. The van der Waals surface area contributed by atoms with Gasteiger partial charge in [-0.05, 0) is 45.7 Å². The maximum atomic E-state index is 13.8. The van der Waals surface area contributed by atoms with E-state index in [1.165, 1.54) is 23.5 Å². The molecule has 160 valence electrons. The monoisotopic (exact) mass is 430 g/mol. The largest absolute Gasteiger partial charge is 0.364 e. The first-order chi connectivity index (χ1) is 14.2. The number of anilines is 2. The Balaban J connectivity index is 1.67. The van der Waals surface area contributed by atoms with Crippen LogP contribution >= 0.6 is 11.3 Å². The van der Waals surface area contributed by atoms with Crippen LogP contribution in [0.1, 0.15) is 33.6 Å². The summed E-state index contributed by atoms with van der Waals surface area (Å²) in [4.78, 5) is 21.7. The summed E-state index contributed by atoms with van der Waals surface area (Å²) in [5.41, 5.74) is 1.11. The minimum absolute atomic E-state index is 0.122. The van der Waals surface area contributed by atoms with Gasteiger partial charge in [0.2, 0.25) is 16.0 Å². The van der Waals surface area contributed by atoms with Crippen LogP contribution in [0.25, 0.3) is 16.2 Å². The quantitative estimate of drug-likeness (QED) is 0.666. The molecule has 2 aromatic heterocycles. The predicted molar refractivity (Wildman–Crippen MR) is 119 cm³/mol. The lowest BCUT2D eigenvalue weighted by Crippen LogP contribution is -2.37. The summed E-state index contributed by atoms with van der Waals surface area (Å²) in [5, 5.41) is 8.89. The minimum atomic E-state index is -0.306. The number of benzene rings is 1. The molecule has 0 aliphatic carbocycles. The Labute approximate surface area is 179 Å². The van der Waals surface area contributed by atoms with Crippen molar-refractivity contribution in [2.75, 3.05) is 36.9 Å². The molecule has 4 rings (SSSR count). The third-order valence-electron chi connectivity index (χ3n) is 4.94. The topological polar surface area (TPSA) is 65.8 Å². The van der Waals surface area contributed by atoms with Gasteiger partial charge >= 0.3 is 0 Å². The zero-order valence-corrected chi connectivity index (χ0v) is 18.6. The van der Waals surface area contributed by atoms with E-state index in [1.807, 2.05) is 22.9 Å². The lowest BCUT2D eigenvalue weighted by Gasteiger charge is -2.22. The number of carbonyl (C=O) groups is 1. The first-order valence-corrected chi connectivity index (χ1v) is 11.0. The number of hydrogen-bond donors (Lipinski definition) is 1. The van der Waals surface area contributed by atoms with Crippen molar-refractivity contribution in [1.29, 1.82) is 0 Å². The number of carbonyl (C=O) groups excluding carboxylic acids is 1. The van der Waals surface area contributed by atoms with E-state index in [-0.39, 0.29) is 23.8 Å². The predicted octanol–water partition coefficient (Wildman–Crippen LogP) is 3.87. The van der Waals surface area contributed by atoms with Crippen LogP contribution in [-0.4, -0.2) is 57.6 Å². The Bertz CT molecular complexity index is 1060. The van der Waals surface area contributed by atoms with E-state index in [0.717, 1.165) is 25.9 Å². The number of hydrogen-bond acceptors (Lipinski definition) is 6. The highest BCUT2D eigenvalue weighted by Gasteiger charge is 2.25. The van der Waals surface area contributed by atoms with Gasteiger partial charge in [-0.15, -0.1) is 5.10 Å². The second kappa shape index (κ2) is 7.86. The normalized spacial score (nSPS) is 14.5. The van der Waals surface area contributed by atoms with Gasteiger partial charge in [0.15, 0.2) is 5.82 Å². The van der Waals surface area contributed by atoms with Crippen LogP contribution in [0.5, 0.6) is 0 Å². The molecule has 30 heavy (non-hydrogen) atoms. The van der Waals surface area contributed by atoms with E-state index in [9.17, 15) is 9.18 Å². The van der Waals surface area contributed by atoms with Crippen LogP contribution in [0.3, 0.4) is 0 Å². The summed E-state index contributed by atoms with van der Waals surface area (Å²) in [5.74, 6) is 0.528. The van der Waals surface area contributed by atoms with Crippen molar-refractivity contribution in [3.63, 3.8) is 0 Å². The summed E-state index contributed by atoms with van der Waals surface area (Å²) < 4.78 is 15.6. The molecule has 1 saturated heterocycles. The van der Waals surface area contributed by atoms with E-state index in [2.05, 4.69) is 26.1 Å². The van der Waals surface area contributed by atoms with E-state index in [4.69, 9.17) is 10.1 Å². The number of rotatable bonds is 5. The molecule has 1 amide bonds. The maximum Gasteiger partial charge on any atom is 0.242 e. The van der Waals surface area contributed by atoms with Crippen molar-refractivity contribution in [3.05, 3.63) is 30.1 Å². The molecule has 9 heteroatoms. The zero-order valence-electron chi connectivity index (χ0n) is 17.8. The molecule has 3 aromatic rings. The molecule has 1 aliphatic rings. The molecular formula is C21H27FN6OS. The summed E-state index contributed by atoms with van der Waals surface area (Å²) in [6.07, 6.45) is 2.15. The van der Waals surface area contributed by atoms with E-state index in [1.54, 1.807) is 10.6 Å².